The van der Waals surface area contributed by atoms with Crippen molar-refractivity contribution >= 4 is 34.8 Å². The highest BCUT2D eigenvalue weighted by Crippen LogP contribution is 2.39. The zero-order valence-electron chi connectivity index (χ0n) is 26.1. The molecule has 0 aliphatic carbocycles. The van der Waals surface area contributed by atoms with Crippen LogP contribution in [0.15, 0.2) is 105 Å². The van der Waals surface area contributed by atoms with E-state index in [4.69, 9.17) is 18.9 Å². The summed E-state index contributed by atoms with van der Waals surface area (Å²) in [5.74, 6) is 0.751. The summed E-state index contributed by atoms with van der Waals surface area (Å²) in [6.07, 6.45) is 1.45. The summed E-state index contributed by atoms with van der Waals surface area (Å²) in [4.78, 5) is 44.4. The van der Waals surface area contributed by atoms with Crippen LogP contribution in [0.2, 0.25) is 0 Å². The van der Waals surface area contributed by atoms with Gasteiger partial charge in [0.15, 0.2) is 4.80 Å². The second-order valence-electron chi connectivity index (χ2n) is 11.0. The summed E-state index contributed by atoms with van der Waals surface area (Å²) in [5.41, 5.74) is 2.60. The average molecular weight is 650 g/mol. The van der Waals surface area contributed by atoms with E-state index in [1.807, 2.05) is 68.4 Å². The van der Waals surface area contributed by atoms with Gasteiger partial charge in [-0.15, -0.1) is 0 Å². The van der Waals surface area contributed by atoms with Crippen LogP contribution in [-0.4, -0.2) is 28.2 Å². The van der Waals surface area contributed by atoms with Gasteiger partial charge in [-0.2, -0.15) is 0 Å². The number of nitrogens with zero attached hydrogens (tertiary/aromatic N) is 3. The Morgan fingerprint density at radius 1 is 1.06 bits per heavy atom. The number of nitro groups is 1. The van der Waals surface area contributed by atoms with Gasteiger partial charge in [0.25, 0.3) is 11.2 Å². The Bertz CT molecular complexity index is 2210. The van der Waals surface area contributed by atoms with Crippen LogP contribution in [-0.2, 0) is 9.53 Å². The van der Waals surface area contributed by atoms with E-state index in [0.717, 1.165) is 0 Å². The molecule has 3 heterocycles. The van der Waals surface area contributed by atoms with Gasteiger partial charge in [-0.3, -0.25) is 19.5 Å². The molecule has 0 amide bonds. The first-order chi connectivity index (χ1) is 22.7. The highest BCUT2D eigenvalue weighted by Gasteiger charge is 2.37. The van der Waals surface area contributed by atoms with Crippen LogP contribution in [0.25, 0.3) is 23.1 Å². The Hall–Kier alpha value is -5.55. The first-order valence-corrected chi connectivity index (χ1v) is 15.9. The van der Waals surface area contributed by atoms with E-state index in [2.05, 4.69) is 0 Å². The van der Waals surface area contributed by atoms with Crippen molar-refractivity contribution < 1.29 is 23.6 Å². The number of benzene rings is 3. The van der Waals surface area contributed by atoms with Crippen LogP contribution in [0.5, 0.6) is 5.75 Å². The smallest absolute Gasteiger partial charge is 0.338 e. The first kappa shape index (κ1) is 31.4. The van der Waals surface area contributed by atoms with Crippen molar-refractivity contribution in [2.24, 2.45) is 4.99 Å². The van der Waals surface area contributed by atoms with Crippen molar-refractivity contribution in [2.45, 2.75) is 39.8 Å². The maximum Gasteiger partial charge on any atom is 0.338 e. The predicted octanol–water partition coefficient (Wildman–Crippen LogP) is 6.20. The molecule has 6 rings (SSSR count). The van der Waals surface area contributed by atoms with E-state index < -0.39 is 16.9 Å². The number of rotatable bonds is 9. The molecule has 1 atom stereocenters. The maximum absolute atomic E-state index is 14.3. The summed E-state index contributed by atoms with van der Waals surface area (Å²) < 4.78 is 19.7. The summed E-state index contributed by atoms with van der Waals surface area (Å²) in [6.45, 7) is 7.35. The highest BCUT2D eigenvalue weighted by atomic mass is 32.1. The monoisotopic (exact) mass is 649 g/mol. The number of hydrogen-bond donors (Lipinski definition) is 0. The van der Waals surface area contributed by atoms with Gasteiger partial charge in [-0.1, -0.05) is 72.0 Å². The number of hydrogen-bond acceptors (Lipinski definition) is 9. The second-order valence-corrected chi connectivity index (χ2v) is 12.1. The van der Waals surface area contributed by atoms with Crippen LogP contribution in [0.4, 0.5) is 5.69 Å². The van der Waals surface area contributed by atoms with E-state index >= 15 is 0 Å². The largest absolute Gasteiger partial charge is 0.491 e. The lowest BCUT2D eigenvalue weighted by atomic mass is 9.92. The number of carbonyl (C=O) groups excluding carboxylic acids is 1. The molecule has 11 heteroatoms. The number of esters is 1. The first-order valence-electron chi connectivity index (χ1n) is 15.1. The molecule has 0 radical (unpaired) electrons. The lowest BCUT2D eigenvalue weighted by molar-refractivity contribution is -0.385. The van der Waals surface area contributed by atoms with Crippen molar-refractivity contribution in [2.75, 3.05) is 6.61 Å². The van der Waals surface area contributed by atoms with E-state index in [0.29, 0.717) is 54.6 Å². The molecular formula is C36H31N3O7S. The number of carbonyl (C=O) groups is 1. The number of ether oxygens (including phenoxy) is 2. The van der Waals surface area contributed by atoms with Crippen molar-refractivity contribution in [1.82, 2.24) is 4.57 Å². The highest BCUT2D eigenvalue weighted by molar-refractivity contribution is 7.07. The molecule has 3 aromatic carbocycles. The molecule has 0 spiro atoms. The minimum Gasteiger partial charge on any atom is -0.491 e. The normalized spacial score (nSPS) is 14.6. The fourth-order valence-electron chi connectivity index (χ4n) is 5.59. The molecule has 0 N–H and O–H groups in total. The van der Waals surface area contributed by atoms with Crippen LogP contribution in [0.3, 0.4) is 0 Å². The fraction of sp³-hybridized carbons (Fsp3) is 0.194. The molecule has 238 valence electrons. The van der Waals surface area contributed by atoms with Gasteiger partial charge in [0.2, 0.25) is 0 Å². The molecule has 0 unspecified atom stereocenters. The number of thiazole rings is 1. The van der Waals surface area contributed by atoms with Crippen LogP contribution >= 0.6 is 11.3 Å². The van der Waals surface area contributed by atoms with Gasteiger partial charge in [0.05, 0.1) is 33.4 Å². The van der Waals surface area contributed by atoms with Crippen LogP contribution in [0.1, 0.15) is 49.3 Å². The Morgan fingerprint density at radius 3 is 2.53 bits per heavy atom. The lowest BCUT2D eigenvalue weighted by Gasteiger charge is -2.27. The van der Waals surface area contributed by atoms with Crippen molar-refractivity contribution in [3.63, 3.8) is 0 Å². The standard InChI is InChI=1S/C36H31N3O7S/c1-5-44-35(41)31-32(23-12-7-6-8-13-23)37-36-38(33(31)26-14-9-10-17-28(26)45-21(2)3)34(40)30(47-36)20-24-18-19-29(46-24)25-15-11-16-27(22(25)4)39(42)43/h6-21,33H,5H2,1-4H3/b30-20+/t33-/m1/s1. The van der Waals surface area contributed by atoms with Crippen molar-refractivity contribution in [1.29, 1.82) is 0 Å². The third kappa shape index (κ3) is 6.05. The van der Waals surface area contributed by atoms with Gasteiger partial charge in [-0.05, 0) is 45.9 Å². The summed E-state index contributed by atoms with van der Waals surface area (Å²) in [7, 11) is 0. The summed E-state index contributed by atoms with van der Waals surface area (Å²) >= 11 is 1.17. The van der Waals surface area contributed by atoms with Gasteiger partial charge in [0, 0.05) is 34.4 Å². The molecule has 2 aromatic heterocycles. The minimum atomic E-state index is -0.905. The third-order valence-electron chi connectivity index (χ3n) is 7.62. The molecule has 0 saturated carbocycles. The topological polar surface area (TPSA) is 126 Å². The Labute approximate surface area is 273 Å². The molecule has 0 fully saturated rings. The molecule has 1 aliphatic rings. The van der Waals surface area contributed by atoms with E-state index in [-0.39, 0.29) is 29.5 Å². The number of fused-ring (bicyclic) bond motifs is 1. The molecule has 0 bridgehead atoms. The number of aromatic nitrogens is 1. The van der Waals surface area contributed by atoms with Gasteiger partial charge < -0.3 is 13.9 Å². The SMILES string of the molecule is CCOC(=O)C1=C(c2ccccc2)N=c2s/c(=C/c3ccc(-c4cccc([N+](=O)[O-])c4C)o3)c(=O)n2[C@@H]1c1ccccc1OC(C)C. The molecule has 0 saturated heterocycles. The third-order valence-corrected chi connectivity index (χ3v) is 8.60. The number of furan rings is 1. The summed E-state index contributed by atoms with van der Waals surface area (Å²) in [6, 6.07) is 24.0. The lowest BCUT2D eigenvalue weighted by Crippen LogP contribution is -2.40. The van der Waals surface area contributed by atoms with Crippen LogP contribution in [0, 0.1) is 17.0 Å². The van der Waals surface area contributed by atoms with Crippen molar-refractivity contribution in [3.05, 3.63) is 143 Å². The molecule has 1 aliphatic heterocycles. The molecule has 5 aromatic rings. The Morgan fingerprint density at radius 2 is 1.81 bits per heavy atom. The maximum atomic E-state index is 14.3. The van der Waals surface area contributed by atoms with E-state index in [1.54, 1.807) is 44.2 Å². The zero-order valence-corrected chi connectivity index (χ0v) is 26.9. The summed E-state index contributed by atoms with van der Waals surface area (Å²) in [5, 5.41) is 11.5. The Kier molecular flexibility index (Phi) is 8.73. The van der Waals surface area contributed by atoms with Crippen molar-refractivity contribution in [3.8, 4) is 17.1 Å². The second kappa shape index (κ2) is 13.1. The Balaban J connectivity index is 1.57. The number of para-hydroxylation sites is 1. The fourth-order valence-corrected chi connectivity index (χ4v) is 6.58. The van der Waals surface area contributed by atoms with E-state index in [9.17, 15) is 19.7 Å². The molecule has 10 nitrogen and oxygen atoms in total. The zero-order chi connectivity index (χ0) is 33.2. The van der Waals surface area contributed by atoms with Gasteiger partial charge >= 0.3 is 5.97 Å². The van der Waals surface area contributed by atoms with E-state index in [1.165, 1.54) is 22.0 Å². The van der Waals surface area contributed by atoms with Crippen LogP contribution < -0.4 is 19.6 Å². The van der Waals surface area contributed by atoms with Gasteiger partial charge in [-0.25, -0.2) is 9.79 Å². The number of nitro benzene ring substituents is 1. The molecule has 47 heavy (non-hydrogen) atoms. The minimum absolute atomic E-state index is 0.0119. The van der Waals surface area contributed by atoms with Gasteiger partial charge in [0.1, 0.15) is 23.3 Å². The molecular weight excluding hydrogens is 618 g/mol. The average Bonchev–Trinajstić information content (AvgIpc) is 3.64. The quantitative estimate of drug-likeness (QED) is 0.106. The predicted molar refractivity (Wildman–Crippen MR) is 179 cm³/mol.